The maximum absolute atomic E-state index is 5.97. The Morgan fingerprint density at radius 1 is 1.20 bits per heavy atom. The first-order chi connectivity index (χ1) is 8.80. The minimum Gasteiger partial charge on any atom is -0.377 e. The van der Waals surface area contributed by atoms with Gasteiger partial charge in [0.1, 0.15) is 0 Å². The Morgan fingerprint density at radius 3 is 2.15 bits per heavy atom. The van der Waals surface area contributed by atoms with Gasteiger partial charge in [-0.3, -0.25) is 0 Å². The van der Waals surface area contributed by atoms with E-state index in [1.165, 1.54) is 6.42 Å². The molecule has 0 N–H and O–H groups in total. The zero-order valence-corrected chi connectivity index (χ0v) is 16.5. The number of halogens is 1. The van der Waals surface area contributed by atoms with Gasteiger partial charge >= 0.3 is 0 Å². The minimum atomic E-state index is 0. The lowest BCUT2D eigenvalue weighted by Crippen LogP contribution is -2.55. The number of unbranched alkanes of at least 4 members (excludes halogenated alkanes) is 1. The van der Waals surface area contributed by atoms with E-state index < -0.39 is 0 Å². The number of guanidine groups is 1. The number of ether oxygens (including phenoxy) is 1. The van der Waals surface area contributed by atoms with Crippen LogP contribution in [0.2, 0.25) is 0 Å². The summed E-state index contributed by atoms with van der Waals surface area (Å²) in [4.78, 5) is 9.04. The van der Waals surface area contributed by atoms with Crippen LogP contribution in [0, 0.1) is 5.41 Å². The molecule has 120 valence electrons. The standard InChI is InChI=1S/C15H31N3O.HI/c1-8-9-10-19-13-11-12(15(13,2)3)16-14(17(4)5)18(6)7;/h12-13H,8-11H2,1-7H3;1H. The molecule has 1 fully saturated rings. The molecule has 1 rings (SSSR count). The summed E-state index contributed by atoms with van der Waals surface area (Å²) >= 11 is 0. The summed E-state index contributed by atoms with van der Waals surface area (Å²) in [6, 6.07) is 0.360. The first-order valence-electron chi connectivity index (χ1n) is 7.34. The molecule has 2 unspecified atom stereocenters. The maximum atomic E-state index is 5.97. The summed E-state index contributed by atoms with van der Waals surface area (Å²) in [6.45, 7) is 7.62. The molecule has 0 aromatic heterocycles. The molecule has 5 heteroatoms. The highest BCUT2D eigenvalue weighted by molar-refractivity contribution is 14.0. The summed E-state index contributed by atoms with van der Waals surface area (Å²) in [6.07, 6.45) is 3.75. The van der Waals surface area contributed by atoms with E-state index in [1.807, 2.05) is 28.2 Å². The van der Waals surface area contributed by atoms with Crippen molar-refractivity contribution in [1.82, 2.24) is 9.80 Å². The van der Waals surface area contributed by atoms with Crippen LogP contribution >= 0.6 is 24.0 Å². The van der Waals surface area contributed by atoms with Crippen molar-refractivity contribution in [3.8, 4) is 0 Å². The second-order valence-corrected chi connectivity index (χ2v) is 6.50. The van der Waals surface area contributed by atoms with Gasteiger partial charge in [0.05, 0.1) is 12.1 Å². The van der Waals surface area contributed by atoms with E-state index in [-0.39, 0.29) is 29.4 Å². The number of hydrogen-bond donors (Lipinski definition) is 0. The second kappa shape index (κ2) is 8.41. The van der Waals surface area contributed by atoms with Gasteiger partial charge in [-0.25, -0.2) is 4.99 Å². The highest BCUT2D eigenvalue weighted by Gasteiger charge is 2.49. The molecule has 0 radical (unpaired) electrons. The predicted octanol–water partition coefficient (Wildman–Crippen LogP) is 3.07. The van der Waals surface area contributed by atoms with Gasteiger partial charge in [0.25, 0.3) is 0 Å². The number of rotatable bonds is 5. The van der Waals surface area contributed by atoms with Crippen molar-refractivity contribution < 1.29 is 4.74 Å². The van der Waals surface area contributed by atoms with Crippen LogP contribution in [0.25, 0.3) is 0 Å². The number of nitrogens with zero attached hydrogens (tertiary/aromatic N) is 3. The molecule has 0 aromatic carbocycles. The summed E-state index contributed by atoms with van der Waals surface area (Å²) < 4.78 is 5.97. The Kier molecular flexibility index (Phi) is 8.40. The van der Waals surface area contributed by atoms with Gasteiger partial charge in [-0.2, -0.15) is 0 Å². The first kappa shape index (κ1) is 20.0. The Labute approximate surface area is 142 Å². The molecular weight excluding hydrogens is 365 g/mol. The average molecular weight is 397 g/mol. The molecule has 4 nitrogen and oxygen atoms in total. The van der Waals surface area contributed by atoms with E-state index in [2.05, 4.69) is 30.6 Å². The predicted molar refractivity (Wildman–Crippen MR) is 97.1 cm³/mol. The van der Waals surface area contributed by atoms with Crippen molar-refractivity contribution in [1.29, 1.82) is 0 Å². The van der Waals surface area contributed by atoms with E-state index in [1.54, 1.807) is 0 Å². The first-order valence-corrected chi connectivity index (χ1v) is 7.34. The minimum absolute atomic E-state index is 0. The lowest BCUT2D eigenvalue weighted by atomic mass is 9.65. The molecule has 0 aromatic rings. The van der Waals surface area contributed by atoms with E-state index in [0.29, 0.717) is 12.1 Å². The van der Waals surface area contributed by atoms with Crippen molar-refractivity contribution in [2.24, 2.45) is 10.4 Å². The zero-order valence-electron chi connectivity index (χ0n) is 14.1. The molecule has 1 saturated carbocycles. The molecule has 1 aliphatic rings. The van der Waals surface area contributed by atoms with Gasteiger partial charge in [0.15, 0.2) is 5.96 Å². The third kappa shape index (κ3) is 4.76. The molecule has 0 amide bonds. The highest BCUT2D eigenvalue weighted by Crippen LogP contribution is 2.45. The summed E-state index contributed by atoms with van der Waals surface area (Å²) in [5.41, 5.74) is 0.144. The lowest BCUT2D eigenvalue weighted by molar-refractivity contribution is -0.107. The zero-order chi connectivity index (χ0) is 14.6. The Balaban J connectivity index is 0.00000361. The van der Waals surface area contributed by atoms with Crippen LogP contribution in [-0.4, -0.2) is 62.7 Å². The molecule has 20 heavy (non-hydrogen) atoms. The van der Waals surface area contributed by atoms with E-state index in [9.17, 15) is 0 Å². The van der Waals surface area contributed by atoms with Gasteiger partial charge in [0, 0.05) is 40.2 Å². The van der Waals surface area contributed by atoms with E-state index in [0.717, 1.165) is 25.4 Å². The molecule has 0 heterocycles. The van der Waals surface area contributed by atoms with Crippen LogP contribution in [0.1, 0.15) is 40.0 Å². The van der Waals surface area contributed by atoms with Crippen molar-refractivity contribution in [3.63, 3.8) is 0 Å². The van der Waals surface area contributed by atoms with Crippen LogP contribution < -0.4 is 0 Å². The summed E-state index contributed by atoms with van der Waals surface area (Å²) in [7, 11) is 8.17. The smallest absolute Gasteiger partial charge is 0.195 e. The quantitative estimate of drug-likeness (QED) is 0.309. The third-order valence-corrected chi connectivity index (χ3v) is 4.01. The van der Waals surface area contributed by atoms with Crippen LogP contribution in [0.4, 0.5) is 0 Å². The average Bonchev–Trinajstić information content (AvgIpc) is 2.30. The molecule has 0 bridgehead atoms. The summed E-state index contributed by atoms with van der Waals surface area (Å²) in [5, 5.41) is 0. The van der Waals surface area contributed by atoms with Crippen molar-refractivity contribution >= 4 is 29.9 Å². The Morgan fingerprint density at radius 2 is 1.75 bits per heavy atom. The third-order valence-electron chi connectivity index (χ3n) is 4.01. The van der Waals surface area contributed by atoms with Crippen molar-refractivity contribution in [2.75, 3.05) is 34.8 Å². The van der Waals surface area contributed by atoms with Gasteiger partial charge in [-0.1, -0.05) is 27.2 Å². The highest BCUT2D eigenvalue weighted by atomic mass is 127. The molecule has 0 aliphatic heterocycles. The molecule has 2 atom stereocenters. The molecule has 1 aliphatic carbocycles. The molecule has 0 saturated heterocycles. The fourth-order valence-corrected chi connectivity index (χ4v) is 2.51. The Hall–Kier alpha value is -0.0400. The molecular formula is C15H32IN3O. The SMILES string of the molecule is CCCCOC1CC(N=C(N(C)C)N(C)C)C1(C)C.I. The van der Waals surface area contributed by atoms with Gasteiger partial charge in [-0.15, -0.1) is 24.0 Å². The lowest BCUT2D eigenvalue weighted by Gasteiger charge is -2.50. The maximum Gasteiger partial charge on any atom is 0.195 e. The monoisotopic (exact) mass is 397 g/mol. The van der Waals surface area contributed by atoms with Crippen LogP contribution in [-0.2, 0) is 4.74 Å². The molecule has 0 spiro atoms. The van der Waals surface area contributed by atoms with Crippen molar-refractivity contribution in [3.05, 3.63) is 0 Å². The van der Waals surface area contributed by atoms with Gasteiger partial charge in [-0.05, 0) is 12.8 Å². The van der Waals surface area contributed by atoms with Crippen molar-refractivity contribution in [2.45, 2.75) is 52.2 Å². The van der Waals surface area contributed by atoms with Crippen LogP contribution in [0.15, 0.2) is 4.99 Å². The van der Waals surface area contributed by atoms with Crippen LogP contribution in [0.5, 0.6) is 0 Å². The van der Waals surface area contributed by atoms with Crippen LogP contribution in [0.3, 0.4) is 0 Å². The number of aliphatic imine (C=N–C) groups is 1. The second-order valence-electron chi connectivity index (χ2n) is 6.50. The normalized spacial score (nSPS) is 23.4. The van der Waals surface area contributed by atoms with Gasteiger partial charge in [0.2, 0.25) is 0 Å². The van der Waals surface area contributed by atoms with E-state index >= 15 is 0 Å². The largest absolute Gasteiger partial charge is 0.377 e. The Bertz CT molecular complexity index is 306. The topological polar surface area (TPSA) is 28.1 Å². The number of hydrogen-bond acceptors (Lipinski definition) is 2. The summed E-state index contributed by atoms with van der Waals surface area (Å²) in [5.74, 6) is 1.03. The van der Waals surface area contributed by atoms with Gasteiger partial charge < -0.3 is 14.5 Å². The fraction of sp³-hybridized carbons (Fsp3) is 0.933. The van der Waals surface area contributed by atoms with E-state index in [4.69, 9.17) is 9.73 Å². The fourth-order valence-electron chi connectivity index (χ4n) is 2.51.